The molecule has 5 nitrogen and oxygen atoms in total. The van der Waals surface area contributed by atoms with E-state index in [2.05, 4.69) is 18.3 Å². The molecule has 1 aromatic rings. The lowest BCUT2D eigenvalue weighted by Crippen LogP contribution is -2.43. The molecule has 0 radical (unpaired) electrons. The second kappa shape index (κ2) is 9.16. The monoisotopic (exact) mass is 318 g/mol. The zero-order chi connectivity index (χ0) is 17.3. The van der Waals surface area contributed by atoms with Crippen molar-refractivity contribution >= 4 is 11.6 Å². The van der Waals surface area contributed by atoms with Gasteiger partial charge in [0.15, 0.2) is 0 Å². The molecule has 5 heteroatoms. The number of nitriles is 1. The van der Waals surface area contributed by atoms with Gasteiger partial charge in [0, 0.05) is 6.61 Å². The minimum atomic E-state index is -0.893. The third-order valence-electron chi connectivity index (χ3n) is 3.62. The number of carbonyl (C=O) groups excluding carboxylic acids is 1. The van der Waals surface area contributed by atoms with Gasteiger partial charge >= 0.3 is 0 Å². The number of anilines is 1. The number of rotatable bonds is 9. The van der Waals surface area contributed by atoms with Gasteiger partial charge in [0.2, 0.25) is 0 Å². The molecule has 1 atom stereocenters. The van der Waals surface area contributed by atoms with Crippen molar-refractivity contribution in [1.29, 1.82) is 5.26 Å². The van der Waals surface area contributed by atoms with Crippen LogP contribution in [-0.4, -0.2) is 24.7 Å². The van der Waals surface area contributed by atoms with Crippen molar-refractivity contribution in [2.24, 2.45) is 0 Å². The fraction of sp³-hybridized carbons (Fsp3) is 0.556. The van der Waals surface area contributed by atoms with Gasteiger partial charge in [-0.05, 0) is 45.4 Å². The zero-order valence-electron chi connectivity index (χ0n) is 14.4. The highest BCUT2D eigenvalue weighted by atomic mass is 16.5. The lowest BCUT2D eigenvalue weighted by Gasteiger charge is -2.28. The molecule has 0 aliphatic rings. The third kappa shape index (κ3) is 5.26. The van der Waals surface area contributed by atoms with Crippen LogP contribution in [0.4, 0.5) is 5.69 Å². The van der Waals surface area contributed by atoms with Crippen molar-refractivity contribution in [3.05, 3.63) is 23.8 Å². The molecular weight excluding hydrogens is 292 g/mol. The van der Waals surface area contributed by atoms with Crippen LogP contribution in [-0.2, 0) is 9.53 Å². The SMILES string of the molecule is CCCC[C@@](C)(OCC)C(=O)Nc1ccc(OCC)cc1C#N. The molecule has 1 rings (SSSR count). The fourth-order valence-electron chi connectivity index (χ4n) is 2.32. The summed E-state index contributed by atoms with van der Waals surface area (Å²) in [7, 11) is 0. The number of nitrogens with one attached hydrogen (secondary N) is 1. The van der Waals surface area contributed by atoms with Crippen molar-refractivity contribution in [3.8, 4) is 11.8 Å². The Bertz CT molecular complexity index is 566. The molecule has 1 N–H and O–H groups in total. The summed E-state index contributed by atoms with van der Waals surface area (Å²) in [5, 5.41) is 12.1. The van der Waals surface area contributed by atoms with Crippen LogP contribution in [0.5, 0.6) is 5.75 Å². The minimum Gasteiger partial charge on any atom is -0.494 e. The first-order chi connectivity index (χ1) is 11.0. The maximum atomic E-state index is 12.6. The highest BCUT2D eigenvalue weighted by molar-refractivity contribution is 5.98. The van der Waals surface area contributed by atoms with E-state index in [1.165, 1.54) is 0 Å². The lowest BCUT2D eigenvalue weighted by atomic mass is 9.97. The van der Waals surface area contributed by atoms with Gasteiger partial charge in [-0.3, -0.25) is 4.79 Å². The molecule has 0 aliphatic carbocycles. The predicted molar refractivity (Wildman–Crippen MR) is 90.5 cm³/mol. The summed E-state index contributed by atoms with van der Waals surface area (Å²) < 4.78 is 11.1. The third-order valence-corrected chi connectivity index (χ3v) is 3.62. The molecule has 23 heavy (non-hydrogen) atoms. The summed E-state index contributed by atoms with van der Waals surface area (Å²) in [4.78, 5) is 12.6. The van der Waals surface area contributed by atoms with E-state index in [-0.39, 0.29) is 5.91 Å². The van der Waals surface area contributed by atoms with E-state index >= 15 is 0 Å². The van der Waals surface area contributed by atoms with Gasteiger partial charge in [0.05, 0.1) is 17.9 Å². The minimum absolute atomic E-state index is 0.228. The Morgan fingerprint density at radius 3 is 2.61 bits per heavy atom. The van der Waals surface area contributed by atoms with Crippen molar-refractivity contribution in [3.63, 3.8) is 0 Å². The van der Waals surface area contributed by atoms with Gasteiger partial charge < -0.3 is 14.8 Å². The Morgan fingerprint density at radius 2 is 2.04 bits per heavy atom. The van der Waals surface area contributed by atoms with Gasteiger partial charge in [-0.2, -0.15) is 5.26 Å². The topological polar surface area (TPSA) is 71.3 Å². The standard InChI is InChI=1S/C18H26N2O3/c1-5-8-11-18(4,23-7-3)17(21)20-16-10-9-15(22-6-2)12-14(16)13-19/h9-10,12H,5-8,11H2,1-4H3,(H,20,21)/t18-/m1/s1. The summed E-state index contributed by atoms with van der Waals surface area (Å²) >= 11 is 0. The number of hydrogen-bond acceptors (Lipinski definition) is 4. The Balaban J connectivity index is 2.96. The molecule has 0 saturated carbocycles. The highest BCUT2D eigenvalue weighted by Crippen LogP contribution is 2.25. The number of nitrogens with zero attached hydrogens (tertiary/aromatic N) is 1. The van der Waals surface area contributed by atoms with E-state index in [1.54, 1.807) is 25.1 Å². The van der Waals surface area contributed by atoms with E-state index in [1.807, 2.05) is 13.8 Å². The number of carbonyl (C=O) groups is 1. The number of benzene rings is 1. The van der Waals surface area contributed by atoms with Crippen LogP contribution in [0.25, 0.3) is 0 Å². The number of ether oxygens (including phenoxy) is 2. The smallest absolute Gasteiger partial charge is 0.256 e. The second-order valence-corrected chi connectivity index (χ2v) is 5.47. The Labute approximate surface area is 138 Å². The van der Waals surface area contributed by atoms with Crippen LogP contribution in [0.1, 0.15) is 52.5 Å². The molecule has 0 heterocycles. The number of amides is 1. The Morgan fingerprint density at radius 1 is 1.30 bits per heavy atom. The molecule has 126 valence electrons. The maximum Gasteiger partial charge on any atom is 0.256 e. The van der Waals surface area contributed by atoms with Gasteiger partial charge in [0.1, 0.15) is 17.4 Å². The van der Waals surface area contributed by atoms with Gasteiger partial charge in [-0.25, -0.2) is 0 Å². The molecular formula is C18H26N2O3. The van der Waals surface area contributed by atoms with Crippen molar-refractivity contribution in [2.45, 2.75) is 52.6 Å². The van der Waals surface area contributed by atoms with Crippen molar-refractivity contribution in [1.82, 2.24) is 0 Å². The van der Waals surface area contributed by atoms with Gasteiger partial charge in [-0.15, -0.1) is 0 Å². The quantitative estimate of drug-likeness (QED) is 0.750. The normalized spacial score (nSPS) is 13.0. The van der Waals surface area contributed by atoms with Crippen LogP contribution in [0.15, 0.2) is 18.2 Å². The maximum absolute atomic E-state index is 12.6. The van der Waals surface area contributed by atoms with Crippen molar-refractivity contribution in [2.75, 3.05) is 18.5 Å². The molecule has 0 spiro atoms. The van der Waals surface area contributed by atoms with Crippen LogP contribution in [0.3, 0.4) is 0 Å². The molecule has 1 aromatic carbocycles. The summed E-state index contributed by atoms with van der Waals surface area (Å²) in [6.45, 7) is 8.60. The van der Waals surface area contributed by atoms with Gasteiger partial charge in [0.25, 0.3) is 5.91 Å². The second-order valence-electron chi connectivity index (χ2n) is 5.47. The molecule has 1 amide bonds. The van der Waals surface area contributed by atoms with E-state index in [0.29, 0.717) is 36.6 Å². The van der Waals surface area contributed by atoms with Crippen molar-refractivity contribution < 1.29 is 14.3 Å². The first kappa shape index (κ1) is 19.0. The molecule has 0 aliphatic heterocycles. The fourth-order valence-corrected chi connectivity index (χ4v) is 2.32. The lowest BCUT2D eigenvalue weighted by molar-refractivity contribution is -0.139. The summed E-state index contributed by atoms with van der Waals surface area (Å²) in [6.07, 6.45) is 2.53. The predicted octanol–water partition coefficient (Wildman–Crippen LogP) is 3.88. The summed E-state index contributed by atoms with van der Waals surface area (Å²) in [5.74, 6) is 0.383. The number of hydrogen-bond donors (Lipinski definition) is 1. The zero-order valence-corrected chi connectivity index (χ0v) is 14.4. The van der Waals surface area contributed by atoms with Gasteiger partial charge in [-0.1, -0.05) is 19.8 Å². The summed E-state index contributed by atoms with van der Waals surface area (Å²) in [5.41, 5.74) is -0.0437. The van der Waals surface area contributed by atoms with E-state index in [4.69, 9.17) is 9.47 Å². The first-order valence-electron chi connectivity index (χ1n) is 8.13. The molecule has 0 fully saturated rings. The molecule has 0 saturated heterocycles. The summed E-state index contributed by atoms with van der Waals surface area (Å²) in [6, 6.07) is 7.15. The molecule has 0 aromatic heterocycles. The number of unbranched alkanes of at least 4 members (excludes halogenated alkanes) is 1. The molecule has 0 bridgehead atoms. The van der Waals surface area contributed by atoms with Crippen LogP contribution >= 0.6 is 0 Å². The first-order valence-corrected chi connectivity index (χ1v) is 8.13. The Hall–Kier alpha value is -2.06. The van der Waals surface area contributed by atoms with E-state index in [9.17, 15) is 10.1 Å². The van der Waals surface area contributed by atoms with Crippen LogP contribution < -0.4 is 10.1 Å². The largest absolute Gasteiger partial charge is 0.494 e. The van der Waals surface area contributed by atoms with E-state index in [0.717, 1.165) is 12.8 Å². The average Bonchev–Trinajstić information content (AvgIpc) is 2.54. The Kier molecular flexibility index (Phi) is 7.56. The van der Waals surface area contributed by atoms with Crippen LogP contribution in [0, 0.1) is 11.3 Å². The average molecular weight is 318 g/mol. The van der Waals surface area contributed by atoms with E-state index < -0.39 is 5.60 Å². The molecule has 0 unspecified atom stereocenters. The highest BCUT2D eigenvalue weighted by Gasteiger charge is 2.33. The van der Waals surface area contributed by atoms with Crippen LogP contribution in [0.2, 0.25) is 0 Å².